The van der Waals surface area contributed by atoms with E-state index in [1.807, 2.05) is 33.8 Å². The SMILES string of the molecule is COC(=O)C1=C(C(=O)OC)[C@H](NC(C)=O)[C@@H](C(C)C)C=C1C(C)C. The van der Waals surface area contributed by atoms with Gasteiger partial charge in [0.05, 0.1) is 31.4 Å². The van der Waals surface area contributed by atoms with E-state index in [0.717, 1.165) is 5.57 Å². The predicted octanol–water partition coefficient (Wildman–Crippen LogP) is 2.00. The molecule has 1 amide bonds. The van der Waals surface area contributed by atoms with Crippen LogP contribution in [0.5, 0.6) is 0 Å². The van der Waals surface area contributed by atoms with Crippen LogP contribution in [0, 0.1) is 17.8 Å². The first-order valence-corrected chi connectivity index (χ1v) is 8.05. The first-order chi connectivity index (χ1) is 11.1. The third kappa shape index (κ3) is 4.04. The molecule has 1 rings (SSSR count). The minimum Gasteiger partial charge on any atom is -0.466 e. The standard InChI is InChI=1S/C18H27NO5/c1-9(2)12-8-13(10(3)4)16(19-11(5)20)15(18(22)24-7)14(12)17(21)23-6/h8-10,13,16H,1-7H3,(H,19,20)/t13-,16-/m1/s1. The third-order valence-electron chi connectivity index (χ3n) is 4.17. The van der Waals surface area contributed by atoms with Crippen molar-refractivity contribution in [3.8, 4) is 0 Å². The Morgan fingerprint density at radius 2 is 1.58 bits per heavy atom. The topological polar surface area (TPSA) is 81.7 Å². The quantitative estimate of drug-likeness (QED) is 0.776. The highest BCUT2D eigenvalue weighted by Crippen LogP contribution is 2.37. The maximum Gasteiger partial charge on any atom is 0.338 e. The molecule has 0 saturated carbocycles. The zero-order chi connectivity index (χ0) is 18.6. The maximum absolute atomic E-state index is 12.5. The lowest BCUT2D eigenvalue weighted by molar-refractivity contribution is -0.140. The summed E-state index contributed by atoms with van der Waals surface area (Å²) in [7, 11) is 2.52. The number of carbonyl (C=O) groups excluding carboxylic acids is 3. The monoisotopic (exact) mass is 337 g/mol. The molecular formula is C18H27NO5. The highest BCUT2D eigenvalue weighted by atomic mass is 16.5. The van der Waals surface area contributed by atoms with E-state index in [0.29, 0.717) is 0 Å². The summed E-state index contributed by atoms with van der Waals surface area (Å²) in [6.07, 6.45) is 1.97. The van der Waals surface area contributed by atoms with E-state index >= 15 is 0 Å². The number of esters is 2. The highest BCUT2D eigenvalue weighted by Gasteiger charge is 2.41. The van der Waals surface area contributed by atoms with Crippen molar-refractivity contribution in [2.75, 3.05) is 14.2 Å². The number of nitrogens with one attached hydrogen (secondary N) is 1. The van der Waals surface area contributed by atoms with Crippen LogP contribution in [-0.4, -0.2) is 38.1 Å². The van der Waals surface area contributed by atoms with Gasteiger partial charge in [0.25, 0.3) is 0 Å². The molecule has 0 aliphatic heterocycles. The summed E-state index contributed by atoms with van der Waals surface area (Å²) in [4.78, 5) is 36.5. The molecule has 0 heterocycles. The zero-order valence-corrected chi connectivity index (χ0v) is 15.4. The minimum absolute atomic E-state index is 0.0123. The Hall–Kier alpha value is -2.11. The summed E-state index contributed by atoms with van der Waals surface area (Å²) in [5.74, 6) is -1.49. The summed E-state index contributed by atoms with van der Waals surface area (Å²) >= 11 is 0. The lowest BCUT2D eigenvalue weighted by atomic mass is 9.73. The first-order valence-electron chi connectivity index (χ1n) is 8.05. The second-order valence-corrected chi connectivity index (χ2v) is 6.55. The van der Waals surface area contributed by atoms with Crippen LogP contribution in [0.3, 0.4) is 0 Å². The first kappa shape index (κ1) is 19.9. The van der Waals surface area contributed by atoms with E-state index in [4.69, 9.17) is 9.47 Å². The van der Waals surface area contributed by atoms with Gasteiger partial charge in [0.15, 0.2) is 0 Å². The average Bonchev–Trinajstić information content (AvgIpc) is 2.51. The van der Waals surface area contributed by atoms with E-state index in [1.54, 1.807) is 0 Å². The minimum atomic E-state index is -0.633. The third-order valence-corrected chi connectivity index (χ3v) is 4.17. The number of carbonyl (C=O) groups is 3. The predicted molar refractivity (Wildman–Crippen MR) is 89.9 cm³/mol. The van der Waals surface area contributed by atoms with Gasteiger partial charge in [0.1, 0.15) is 0 Å². The summed E-state index contributed by atoms with van der Waals surface area (Å²) in [5.41, 5.74) is 1.09. The molecule has 134 valence electrons. The number of amides is 1. The molecule has 0 unspecified atom stereocenters. The van der Waals surface area contributed by atoms with Gasteiger partial charge in [0, 0.05) is 12.8 Å². The molecule has 0 radical (unpaired) electrons. The van der Waals surface area contributed by atoms with Gasteiger partial charge in [-0.15, -0.1) is 0 Å². The fourth-order valence-electron chi connectivity index (χ4n) is 3.01. The Balaban J connectivity index is 3.70. The van der Waals surface area contributed by atoms with Gasteiger partial charge in [-0.3, -0.25) is 4.79 Å². The highest BCUT2D eigenvalue weighted by molar-refractivity contribution is 6.05. The Labute approximate surface area is 143 Å². The van der Waals surface area contributed by atoms with Gasteiger partial charge < -0.3 is 14.8 Å². The molecule has 6 heteroatoms. The molecule has 0 aromatic heterocycles. The van der Waals surface area contributed by atoms with Crippen LogP contribution in [0.2, 0.25) is 0 Å². The molecule has 0 bridgehead atoms. The van der Waals surface area contributed by atoms with Crippen molar-refractivity contribution < 1.29 is 23.9 Å². The summed E-state index contributed by atoms with van der Waals surface area (Å²) in [6.45, 7) is 9.28. The van der Waals surface area contributed by atoms with Crippen molar-refractivity contribution >= 4 is 17.8 Å². The van der Waals surface area contributed by atoms with Crippen molar-refractivity contribution in [2.45, 2.75) is 40.7 Å². The molecule has 2 atom stereocenters. The van der Waals surface area contributed by atoms with E-state index in [2.05, 4.69) is 5.32 Å². The molecule has 1 aliphatic carbocycles. The molecule has 6 nitrogen and oxygen atoms in total. The lowest BCUT2D eigenvalue weighted by Gasteiger charge is -2.36. The van der Waals surface area contributed by atoms with Crippen LogP contribution < -0.4 is 5.32 Å². The van der Waals surface area contributed by atoms with E-state index < -0.39 is 18.0 Å². The van der Waals surface area contributed by atoms with E-state index in [-0.39, 0.29) is 34.8 Å². The number of ether oxygens (including phenoxy) is 2. The van der Waals surface area contributed by atoms with Crippen molar-refractivity contribution in [1.29, 1.82) is 0 Å². The van der Waals surface area contributed by atoms with Crippen LogP contribution in [0.1, 0.15) is 34.6 Å². The van der Waals surface area contributed by atoms with Crippen molar-refractivity contribution in [3.63, 3.8) is 0 Å². The molecule has 0 saturated heterocycles. The van der Waals surface area contributed by atoms with E-state index in [9.17, 15) is 14.4 Å². The molecule has 1 N–H and O–H groups in total. The molecule has 0 fully saturated rings. The Bertz CT molecular complexity index is 586. The van der Waals surface area contributed by atoms with E-state index in [1.165, 1.54) is 21.1 Å². The number of hydrogen-bond donors (Lipinski definition) is 1. The average molecular weight is 337 g/mol. The van der Waals surface area contributed by atoms with Gasteiger partial charge >= 0.3 is 11.9 Å². The number of rotatable bonds is 5. The van der Waals surface area contributed by atoms with Crippen LogP contribution in [-0.2, 0) is 23.9 Å². The molecule has 0 aromatic rings. The summed E-state index contributed by atoms with van der Waals surface area (Å²) in [6, 6.07) is -0.633. The van der Waals surface area contributed by atoms with Gasteiger partial charge in [-0.05, 0) is 17.4 Å². The van der Waals surface area contributed by atoms with Gasteiger partial charge in [-0.1, -0.05) is 33.8 Å². The molecular weight excluding hydrogens is 310 g/mol. The Morgan fingerprint density at radius 3 is 1.96 bits per heavy atom. The molecule has 0 aromatic carbocycles. The van der Waals surface area contributed by atoms with Crippen LogP contribution >= 0.6 is 0 Å². The smallest absolute Gasteiger partial charge is 0.338 e. The molecule has 1 aliphatic rings. The molecule has 0 spiro atoms. The Kier molecular flexibility index (Phi) is 6.75. The largest absolute Gasteiger partial charge is 0.466 e. The number of hydrogen-bond acceptors (Lipinski definition) is 5. The fraction of sp³-hybridized carbons (Fsp3) is 0.611. The molecule has 24 heavy (non-hydrogen) atoms. The summed E-state index contributed by atoms with van der Waals surface area (Å²) < 4.78 is 9.79. The van der Waals surface area contributed by atoms with Gasteiger partial charge in [-0.2, -0.15) is 0 Å². The fourth-order valence-corrected chi connectivity index (χ4v) is 3.01. The lowest BCUT2D eigenvalue weighted by Crippen LogP contribution is -2.47. The zero-order valence-electron chi connectivity index (χ0n) is 15.4. The normalized spacial score (nSPS) is 20.8. The Morgan fingerprint density at radius 1 is 1.04 bits per heavy atom. The second-order valence-electron chi connectivity index (χ2n) is 6.55. The van der Waals surface area contributed by atoms with Crippen molar-refractivity contribution in [1.82, 2.24) is 5.32 Å². The summed E-state index contributed by atoms with van der Waals surface area (Å²) in [5, 5.41) is 2.80. The van der Waals surface area contributed by atoms with Crippen molar-refractivity contribution in [2.24, 2.45) is 17.8 Å². The van der Waals surface area contributed by atoms with Crippen LogP contribution in [0.4, 0.5) is 0 Å². The van der Waals surface area contributed by atoms with Crippen molar-refractivity contribution in [3.05, 3.63) is 22.8 Å². The van der Waals surface area contributed by atoms with Crippen LogP contribution in [0.25, 0.3) is 0 Å². The van der Waals surface area contributed by atoms with Gasteiger partial charge in [0.2, 0.25) is 5.91 Å². The van der Waals surface area contributed by atoms with Crippen LogP contribution in [0.15, 0.2) is 22.8 Å². The van der Waals surface area contributed by atoms with Gasteiger partial charge in [-0.25, -0.2) is 9.59 Å². The maximum atomic E-state index is 12.5. The second kappa shape index (κ2) is 8.13. The number of methoxy groups -OCH3 is 2.